The summed E-state index contributed by atoms with van der Waals surface area (Å²) < 4.78 is 30.9. The summed E-state index contributed by atoms with van der Waals surface area (Å²) in [6.07, 6.45) is -0.674. The summed E-state index contributed by atoms with van der Waals surface area (Å²) in [6, 6.07) is 11.0. The molecular formula is C29H36N4O15P2. The third-order valence-electron chi connectivity index (χ3n) is 6.76. The van der Waals surface area contributed by atoms with Gasteiger partial charge in [-0.3, -0.25) is 43.5 Å². The van der Waals surface area contributed by atoms with Crippen molar-refractivity contribution in [1.29, 1.82) is 0 Å². The van der Waals surface area contributed by atoms with E-state index < -0.39 is 51.2 Å². The first kappa shape index (κ1) is 39.8. The van der Waals surface area contributed by atoms with Crippen molar-refractivity contribution in [3.05, 3.63) is 59.7 Å². The molecule has 0 radical (unpaired) electrons. The van der Waals surface area contributed by atoms with Gasteiger partial charge in [0.2, 0.25) is 17.7 Å². The highest BCUT2D eigenvalue weighted by atomic mass is 31.2. The van der Waals surface area contributed by atoms with Crippen LogP contribution in [-0.2, 0) is 55.6 Å². The molecule has 21 heteroatoms. The van der Waals surface area contributed by atoms with Gasteiger partial charge < -0.3 is 29.4 Å². The van der Waals surface area contributed by atoms with Crippen LogP contribution in [0.3, 0.4) is 0 Å². The van der Waals surface area contributed by atoms with Crippen molar-refractivity contribution < 1.29 is 71.4 Å². The lowest BCUT2D eigenvalue weighted by atomic mass is 10.1. The molecule has 0 spiro atoms. The van der Waals surface area contributed by atoms with Crippen molar-refractivity contribution >= 4 is 51.2 Å². The highest BCUT2D eigenvalue weighted by Gasteiger charge is 2.32. The van der Waals surface area contributed by atoms with Crippen molar-refractivity contribution in [2.24, 2.45) is 0 Å². The van der Waals surface area contributed by atoms with Gasteiger partial charge in [-0.25, -0.2) is 13.9 Å². The van der Waals surface area contributed by atoms with Crippen LogP contribution in [0.1, 0.15) is 43.2 Å². The number of rotatable bonds is 19. The maximum Gasteiger partial charge on any atom is 0.524 e. The van der Waals surface area contributed by atoms with Crippen LogP contribution in [0, 0.1) is 0 Å². The molecule has 19 nitrogen and oxygen atoms in total. The van der Waals surface area contributed by atoms with E-state index in [0.29, 0.717) is 16.2 Å². The van der Waals surface area contributed by atoms with Crippen molar-refractivity contribution in [3.8, 4) is 11.5 Å². The topological polar surface area (TPSA) is 276 Å². The second-order valence-electron chi connectivity index (χ2n) is 10.8. The van der Waals surface area contributed by atoms with Gasteiger partial charge in [0.1, 0.15) is 11.5 Å². The van der Waals surface area contributed by atoms with Gasteiger partial charge >= 0.3 is 21.6 Å². The number of hydroxylamine groups is 2. The number of nitrogens with zero attached hydrogens (tertiary/aromatic N) is 2. The molecule has 1 heterocycles. The van der Waals surface area contributed by atoms with Crippen molar-refractivity contribution in [3.63, 3.8) is 0 Å². The molecule has 5 amide bonds. The van der Waals surface area contributed by atoms with Gasteiger partial charge in [0.25, 0.3) is 11.8 Å². The summed E-state index contributed by atoms with van der Waals surface area (Å²) in [5, 5.41) is 5.74. The maximum absolute atomic E-state index is 13.1. The van der Waals surface area contributed by atoms with Crippen molar-refractivity contribution in [2.45, 2.75) is 44.9 Å². The minimum absolute atomic E-state index is 0.0160. The van der Waals surface area contributed by atoms with Crippen LogP contribution in [0.15, 0.2) is 48.5 Å². The predicted octanol–water partition coefficient (Wildman–Crippen LogP) is 0.253. The molecule has 0 atom stereocenters. The van der Waals surface area contributed by atoms with Crippen LogP contribution in [0.4, 0.5) is 0 Å². The van der Waals surface area contributed by atoms with Crippen LogP contribution >= 0.6 is 15.6 Å². The lowest BCUT2D eigenvalue weighted by molar-refractivity contribution is -0.197. The number of nitrogens with one attached hydrogen (secondary N) is 2. The quantitative estimate of drug-likeness (QED) is 0.0832. The normalized spacial score (nSPS) is 13.1. The third-order valence-corrected chi connectivity index (χ3v) is 7.65. The van der Waals surface area contributed by atoms with Gasteiger partial charge in [-0.15, -0.1) is 5.06 Å². The average Bonchev–Trinajstić information content (AvgIpc) is 3.33. The number of hydrogen-bond acceptors (Lipinski definition) is 11. The first-order chi connectivity index (χ1) is 23.5. The van der Waals surface area contributed by atoms with E-state index in [9.17, 15) is 37.9 Å². The fraction of sp³-hybridized carbons (Fsp3) is 0.379. The van der Waals surface area contributed by atoms with E-state index in [2.05, 4.69) is 19.7 Å². The molecule has 1 aliphatic rings. The van der Waals surface area contributed by atoms with Crippen LogP contribution in [0.5, 0.6) is 11.5 Å². The molecule has 0 bridgehead atoms. The molecule has 0 saturated carbocycles. The number of hydrogen-bond donors (Lipinski definition) is 6. The van der Waals surface area contributed by atoms with Crippen LogP contribution in [0.2, 0.25) is 0 Å². The minimum atomic E-state index is -4.73. The molecule has 272 valence electrons. The number of carbonyl (C=O) groups is 6. The highest BCUT2D eigenvalue weighted by molar-refractivity contribution is 7.47. The summed E-state index contributed by atoms with van der Waals surface area (Å²) >= 11 is 0. The zero-order chi connectivity index (χ0) is 36.9. The summed E-state index contributed by atoms with van der Waals surface area (Å²) in [5.41, 5.74) is 1.04. The molecule has 50 heavy (non-hydrogen) atoms. The second kappa shape index (κ2) is 18.4. The number of carbonyl (C=O) groups excluding carboxylic acids is 6. The lowest BCUT2D eigenvalue weighted by Gasteiger charge is -2.23. The Labute approximate surface area is 285 Å². The standard InChI is InChI=1S/C29H36N4O15P2/c34-24(18-20-4-8-22(9-5-20)47-49(40,41)42)30-14-16-32(26(36)2-1-3-29(39)46-33-27(37)12-13-28(33)38)17-15-31-25(35)19-21-6-10-23(11-7-21)48-50(43,44)45/h4-11H,1-3,12-19H2,(H,30,34)(H,31,35)(H2,40,41,42)(H2,43,44,45). The van der Waals surface area contributed by atoms with E-state index in [-0.39, 0.29) is 82.6 Å². The number of amides is 5. The van der Waals surface area contributed by atoms with E-state index in [1.807, 2.05) is 0 Å². The second-order valence-corrected chi connectivity index (χ2v) is 13.1. The summed E-state index contributed by atoms with van der Waals surface area (Å²) in [5.74, 6) is -3.55. The molecule has 3 rings (SSSR count). The van der Waals surface area contributed by atoms with Crippen LogP contribution < -0.4 is 19.7 Å². The van der Waals surface area contributed by atoms with Gasteiger partial charge in [0, 0.05) is 51.9 Å². The Morgan fingerprint density at radius 1 is 0.700 bits per heavy atom. The Hall–Kier alpha value is -4.64. The van der Waals surface area contributed by atoms with E-state index in [1.54, 1.807) is 0 Å². The van der Waals surface area contributed by atoms with Crippen LogP contribution in [0.25, 0.3) is 0 Å². The minimum Gasteiger partial charge on any atom is -0.404 e. The Kier molecular flexibility index (Phi) is 14.6. The first-order valence-electron chi connectivity index (χ1n) is 15.0. The average molecular weight is 743 g/mol. The Morgan fingerprint density at radius 3 is 1.52 bits per heavy atom. The molecule has 2 aromatic rings. The predicted molar refractivity (Wildman–Crippen MR) is 169 cm³/mol. The largest absolute Gasteiger partial charge is 0.524 e. The van der Waals surface area contributed by atoms with E-state index in [0.717, 1.165) is 0 Å². The van der Waals surface area contributed by atoms with Gasteiger partial charge in [0.05, 0.1) is 12.8 Å². The molecule has 1 saturated heterocycles. The third kappa shape index (κ3) is 14.9. The summed E-state index contributed by atoms with van der Waals surface area (Å²) in [6.45, 7) is 0.0832. The van der Waals surface area contributed by atoms with E-state index >= 15 is 0 Å². The molecule has 2 aromatic carbocycles. The summed E-state index contributed by atoms with van der Waals surface area (Å²) in [4.78, 5) is 115. The van der Waals surface area contributed by atoms with E-state index in [1.165, 1.54) is 53.4 Å². The number of benzene rings is 2. The maximum atomic E-state index is 13.1. The molecular weight excluding hydrogens is 706 g/mol. The Balaban J connectivity index is 1.50. The Morgan fingerprint density at radius 2 is 1.12 bits per heavy atom. The number of imide groups is 1. The molecule has 0 aliphatic carbocycles. The molecule has 6 N–H and O–H groups in total. The zero-order valence-corrected chi connectivity index (χ0v) is 28.3. The van der Waals surface area contributed by atoms with E-state index in [4.69, 9.17) is 24.4 Å². The smallest absolute Gasteiger partial charge is 0.404 e. The first-order valence-corrected chi connectivity index (χ1v) is 18.1. The van der Waals surface area contributed by atoms with Gasteiger partial charge in [-0.05, 0) is 41.8 Å². The fourth-order valence-corrected chi connectivity index (χ4v) is 5.27. The molecule has 1 fully saturated rings. The zero-order valence-electron chi connectivity index (χ0n) is 26.5. The number of phosphoric acid groups is 2. The number of phosphoric ester groups is 2. The van der Waals surface area contributed by atoms with Crippen molar-refractivity contribution in [2.75, 3.05) is 26.2 Å². The van der Waals surface area contributed by atoms with Gasteiger partial charge in [0.15, 0.2) is 0 Å². The lowest BCUT2D eigenvalue weighted by Crippen LogP contribution is -2.43. The monoisotopic (exact) mass is 742 g/mol. The molecule has 0 unspecified atom stereocenters. The Bertz CT molecular complexity index is 1540. The highest BCUT2D eigenvalue weighted by Crippen LogP contribution is 2.38. The summed E-state index contributed by atoms with van der Waals surface area (Å²) in [7, 11) is -9.47. The van der Waals surface area contributed by atoms with Gasteiger partial charge in [-0.1, -0.05) is 24.3 Å². The molecule has 0 aromatic heterocycles. The van der Waals surface area contributed by atoms with Crippen LogP contribution in [-0.4, -0.2) is 91.2 Å². The SMILES string of the molecule is O=C(Cc1ccc(OP(=O)(O)O)cc1)NCCN(CCNC(=O)Cc1ccc(OP(=O)(O)O)cc1)C(=O)CCCC(=O)ON1C(=O)CCC1=O. The van der Waals surface area contributed by atoms with Crippen molar-refractivity contribution in [1.82, 2.24) is 20.6 Å². The fourth-order valence-electron chi connectivity index (χ4n) is 4.48. The molecule has 1 aliphatic heterocycles. The van der Waals surface area contributed by atoms with Gasteiger partial charge in [-0.2, -0.15) is 0 Å².